The smallest absolute Gasteiger partial charge is 0.237 e. The summed E-state index contributed by atoms with van der Waals surface area (Å²) in [6, 6.07) is -0.383. The molecule has 3 rings (SSSR count). The van der Waals surface area contributed by atoms with Crippen molar-refractivity contribution in [2.24, 2.45) is 5.92 Å². The molecule has 2 aliphatic rings. The largest absolute Gasteiger partial charge is 0.353 e. The molecule has 9 heteroatoms. The van der Waals surface area contributed by atoms with E-state index in [1.165, 1.54) is 32.1 Å². The molecule has 2 fully saturated rings. The van der Waals surface area contributed by atoms with Gasteiger partial charge in [0, 0.05) is 19.6 Å². The standard InChI is InChI=1S/C15H25N7O2/c23-14(17-9-13-18-20-21-19-13)8-12-15(24)16-6-7-22(12)10-11-4-2-1-3-5-11/h11-12H,1-10H2,(H,16,24)(H,17,23)(H,18,19,20,21)/t12-/m1/s1. The molecule has 1 saturated carbocycles. The number of aromatic amines is 1. The molecule has 1 atom stereocenters. The molecular formula is C15H25N7O2. The van der Waals surface area contributed by atoms with Crippen molar-refractivity contribution in [2.45, 2.75) is 51.1 Å². The van der Waals surface area contributed by atoms with Gasteiger partial charge in [-0.2, -0.15) is 5.21 Å². The maximum absolute atomic E-state index is 12.2. The lowest BCUT2D eigenvalue weighted by Gasteiger charge is -2.37. The number of carbonyl (C=O) groups excluding carboxylic acids is 2. The fourth-order valence-electron chi connectivity index (χ4n) is 3.59. The van der Waals surface area contributed by atoms with Crippen LogP contribution in [0.25, 0.3) is 0 Å². The van der Waals surface area contributed by atoms with Crippen molar-refractivity contribution in [1.82, 2.24) is 36.2 Å². The molecule has 132 valence electrons. The Kier molecular flexibility index (Phi) is 5.73. The normalized spacial score (nSPS) is 23.0. The molecule has 3 N–H and O–H groups in total. The second-order valence-corrected chi connectivity index (χ2v) is 6.61. The SMILES string of the molecule is O=C(C[C@@H]1C(=O)NCCN1CC1CCCCC1)NCc1nn[nH]n1. The summed E-state index contributed by atoms with van der Waals surface area (Å²) in [6.07, 6.45) is 6.50. The maximum Gasteiger partial charge on any atom is 0.237 e. The minimum atomic E-state index is -0.383. The first-order chi connectivity index (χ1) is 11.7. The van der Waals surface area contributed by atoms with E-state index in [1.807, 2.05) is 0 Å². The Hall–Kier alpha value is -2.03. The lowest BCUT2D eigenvalue weighted by Crippen LogP contribution is -2.57. The fourth-order valence-corrected chi connectivity index (χ4v) is 3.59. The van der Waals surface area contributed by atoms with Gasteiger partial charge in [-0.1, -0.05) is 24.5 Å². The van der Waals surface area contributed by atoms with Crippen LogP contribution in [-0.4, -0.2) is 63.0 Å². The van der Waals surface area contributed by atoms with E-state index in [2.05, 4.69) is 36.2 Å². The van der Waals surface area contributed by atoms with E-state index >= 15 is 0 Å². The zero-order chi connectivity index (χ0) is 16.8. The zero-order valence-electron chi connectivity index (χ0n) is 13.8. The Labute approximate surface area is 140 Å². The number of hydrogen-bond acceptors (Lipinski definition) is 6. The number of rotatable bonds is 6. The van der Waals surface area contributed by atoms with Gasteiger partial charge < -0.3 is 10.6 Å². The number of H-pyrrole nitrogens is 1. The van der Waals surface area contributed by atoms with Gasteiger partial charge >= 0.3 is 0 Å². The van der Waals surface area contributed by atoms with Crippen LogP contribution in [0, 0.1) is 5.92 Å². The Morgan fingerprint density at radius 3 is 2.88 bits per heavy atom. The number of tetrazole rings is 1. The number of nitrogens with zero attached hydrogens (tertiary/aromatic N) is 4. The van der Waals surface area contributed by atoms with Gasteiger partial charge in [0.15, 0.2) is 5.82 Å². The highest BCUT2D eigenvalue weighted by atomic mass is 16.2. The van der Waals surface area contributed by atoms with Crippen LogP contribution in [0.3, 0.4) is 0 Å². The van der Waals surface area contributed by atoms with Gasteiger partial charge in [0.1, 0.15) is 0 Å². The van der Waals surface area contributed by atoms with Crippen molar-refractivity contribution in [2.75, 3.05) is 19.6 Å². The van der Waals surface area contributed by atoms with Crippen LogP contribution in [-0.2, 0) is 16.1 Å². The van der Waals surface area contributed by atoms with Crippen molar-refractivity contribution >= 4 is 11.8 Å². The molecule has 1 aromatic rings. The lowest BCUT2D eigenvalue weighted by molar-refractivity contribution is -0.134. The summed E-state index contributed by atoms with van der Waals surface area (Å²) >= 11 is 0. The molecule has 0 aromatic carbocycles. The van der Waals surface area contributed by atoms with Crippen LogP contribution >= 0.6 is 0 Å². The summed E-state index contributed by atoms with van der Waals surface area (Å²) < 4.78 is 0. The lowest BCUT2D eigenvalue weighted by atomic mass is 9.88. The topological polar surface area (TPSA) is 116 Å². The first kappa shape index (κ1) is 16.8. The fraction of sp³-hybridized carbons (Fsp3) is 0.800. The van der Waals surface area contributed by atoms with Gasteiger partial charge in [0.25, 0.3) is 0 Å². The number of aromatic nitrogens is 4. The molecule has 0 bridgehead atoms. The third-order valence-corrected chi connectivity index (χ3v) is 4.87. The number of piperazine rings is 1. The highest BCUT2D eigenvalue weighted by Crippen LogP contribution is 2.25. The molecule has 2 heterocycles. The predicted octanol–water partition coefficient (Wildman–Crippen LogP) is -0.413. The monoisotopic (exact) mass is 335 g/mol. The van der Waals surface area contributed by atoms with Crippen LogP contribution < -0.4 is 10.6 Å². The highest BCUT2D eigenvalue weighted by molar-refractivity contribution is 5.88. The van der Waals surface area contributed by atoms with Gasteiger partial charge in [-0.15, -0.1) is 10.2 Å². The molecule has 0 radical (unpaired) electrons. The minimum Gasteiger partial charge on any atom is -0.353 e. The third kappa shape index (κ3) is 4.50. The first-order valence-corrected chi connectivity index (χ1v) is 8.73. The van der Waals surface area contributed by atoms with Gasteiger partial charge in [0.05, 0.1) is 19.0 Å². The highest BCUT2D eigenvalue weighted by Gasteiger charge is 2.33. The van der Waals surface area contributed by atoms with Crippen molar-refractivity contribution in [3.8, 4) is 0 Å². The summed E-state index contributed by atoms with van der Waals surface area (Å²) in [5, 5.41) is 19.0. The summed E-state index contributed by atoms with van der Waals surface area (Å²) in [5.74, 6) is 0.854. The third-order valence-electron chi connectivity index (χ3n) is 4.87. The average molecular weight is 335 g/mol. The molecular weight excluding hydrogens is 310 g/mol. The second-order valence-electron chi connectivity index (χ2n) is 6.61. The van der Waals surface area contributed by atoms with Crippen molar-refractivity contribution < 1.29 is 9.59 Å². The molecule has 1 aliphatic heterocycles. The van der Waals surface area contributed by atoms with E-state index in [4.69, 9.17) is 0 Å². The Morgan fingerprint density at radius 1 is 1.29 bits per heavy atom. The summed E-state index contributed by atoms with van der Waals surface area (Å²) in [5.41, 5.74) is 0. The predicted molar refractivity (Wildman–Crippen MR) is 85.6 cm³/mol. The Balaban J connectivity index is 1.52. The van der Waals surface area contributed by atoms with Gasteiger partial charge in [-0.3, -0.25) is 14.5 Å². The molecule has 2 amide bonds. The van der Waals surface area contributed by atoms with E-state index in [0.717, 1.165) is 13.1 Å². The molecule has 24 heavy (non-hydrogen) atoms. The molecule has 9 nitrogen and oxygen atoms in total. The average Bonchev–Trinajstić information content (AvgIpc) is 3.11. The van der Waals surface area contributed by atoms with E-state index in [1.54, 1.807) is 0 Å². The van der Waals surface area contributed by atoms with Gasteiger partial charge in [-0.05, 0) is 18.8 Å². The molecule has 1 aliphatic carbocycles. The van der Waals surface area contributed by atoms with Crippen molar-refractivity contribution in [1.29, 1.82) is 0 Å². The number of nitrogens with one attached hydrogen (secondary N) is 3. The zero-order valence-corrected chi connectivity index (χ0v) is 13.8. The van der Waals surface area contributed by atoms with Gasteiger partial charge in [-0.25, -0.2) is 0 Å². The van der Waals surface area contributed by atoms with E-state index in [-0.39, 0.29) is 30.8 Å². The molecule has 0 unspecified atom stereocenters. The van der Waals surface area contributed by atoms with Gasteiger partial charge in [0.2, 0.25) is 11.8 Å². The Morgan fingerprint density at radius 2 is 2.12 bits per heavy atom. The van der Waals surface area contributed by atoms with Crippen LogP contribution in [0.4, 0.5) is 0 Å². The van der Waals surface area contributed by atoms with Crippen LogP contribution in [0.1, 0.15) is 44.3 Å². The number of hydrogen-bond donors (Lipinski definition) is 3. The van der Waals surface area contributed by atoms with E-state index < -0.39 is 0 Å². The van der Waals surface area contributed by atoms with E-state index in [9.17, 15) is 9.59 Å². The number of amides is 2. The van der Waals surface area contributed by atoms with Crippen LogP contribution in [0.2, 0.25) is 0 Å². The van der Waals surface area contributed by atoms with Crippen molar-refractivity contribution in [3.05, 3.63) is 5.82 Å². The van der Waals surface area contributed by atoms with Crippen LogP contribution in [0.15, 0.2) is 0 Å². The quantitative estimate of drug-likeness (QED) is 0.651. The summed E-state index contributed by atoms with van der Waals surface area (Å²) in [7, 11) is 0. The summed E-state index contributed by atoms with van der Waals surface area (Å²) in [4.78, 5) is 26.6. The van der Waals surface area contributed by atoms with E-state index in [0.29, 0.717) is 18.3 Å². The minimum absolute atomic E-state index is 0.0493. The second kappa shape index (κ2) is 8.18. The maximum atomic E-state index is 12.2. The molecule has 0 spiro atoms. The first-order valence-electron chi connectivity index (χ1n) is 8.73. The number of carbonyl (C=O) groups is 2. The molecule has 1 aromatic heterocycles. The van der Waals surface area contributed by atoms with Crippen LogP contribution in [0.5, 0.6) is 0 Å². The molecule has 1 saturated heterocycles. The summed E-state index contributed by atoms with van der Waals surface area (Å²) in [6.45, 7) is 2.60. The van der Waals surface area contributed by atoms with Crippen molar-refractivity contribution in [3.63, 3.8) is 0 Å². The Bertz CT molecular complexity index is 542.